The fourth-order valence-corrected chi connectivity index (χ4v) is 1.95. The summed E-state index contributed by atoms with van der Waals surface area (Å²) in [5.74, 6) is 0.000179. The molecule has 1 amide bonds. The van der Waals surface area contributed by atoms with E-state index in [4.69, 9.17) is 4.74 Å². The standard InChI is InChI=1S/C17H17F2NO3/c1-11-6-5-7-13(10-11)22-12(2)16(21)20-14-8-3-4-9-15(14)23-17(18)19/h3-10,12,17H,1-2H3,(H,20,21). The molecular weight excluding hydrogens is 304 g/mol. The summed E-state index contributed by atoms with van der Waals surface area (Å²) in [6, 6.07) is 13.3. The zero-order chi connectivity index (χ0) is 16.8. The molecule has 0 bridgehead atoms. The highest BCUT2D eigenvalue weighted by atomic mass is 19.3. The summed E-state index contributed by atoms with van der Waals surface area (Å²) in [7, 11) is 0. The summed E-state index contributed by atoms with van der Waals surface area (Å²) >= 11 is 0. The summed E-state index contributed by atoms with van der Waals surface area (Å²) in [5, 5.41) is 2.53. The van der Waals surface area contributed by atoms with E-state index < -0.39 is 18.6 Å². The van der Waals surface area contributed by atoms with E-state index in [0.29, 0.717) is 5.75 Å². The molecule has 0 aliphatic rings. The minimum Gasteiger partial charge on any atom is -0.481 e. The van der Waals surface area contributed by atoms with Crippen molar-refractivity contribution in [1.29, 1.82) is 0 Å². The molecule has 0 spiro atoms. The van der Waals surface area contributed by atoms with E-state index in [2.05, 4.69) is 10.1 Å². The molecule has 4 nitrogen and oxygen atoms in total. The summed E-state index contributed by atoms with van der Waals surface area (Å²) < 4.78 is 34.6. The van der Waals surface area contributed by atoms with Crippen molar-refractivity contribution in [2.45, 2.75) is 26.6 Å². The number of rotatable bonds is 6. The highest BCUT2D eigenvalue weighted by Crippen LogP contribution is 2.26. The molecule has 0 heterocycles. The van der Waals surface area contributed by atoms with Crippen LogP contribution in [0.25, 0.3) is 0 Å². The van der Waals surface area contributed by atoms with Gasteiger partial charge in [-0.1, -0.05) is 24.3 Å². The molecular formula is C17H17F2NO3. The third-order valence-electron chi connectivity index (χ3n) is 3.03. The second-order valence-electron chi connectivity index (χ2n) is 4.94. The van der Waals surface area contributed by atoms with E-state index in [0.717, 1.165) is 5.56 Å². The van der Waals surface area contributed by atoms with Gasteiger partial charge in [0.1, 0.15) is 11.5 Å². The Bertz CT molecular complexity index is 676. The molecule has 0 aliphatic heterocycles. The monoisotopic (exact) mass is 321 g/mol. The minimum absolute atomic E-state index is 0.0985. The van der Waals surface area contributed by atoms with Crippen LogP contribution in [0.5, 0.6) is 11.5 Å². The number of nitrogens with one attached hydrogen (secondary N) is 1. The molecule has 0 radical (unpaired) electrons. The Kier molecular flexibility index (Phi) is 5.51. The van der Waals surface area contributed by atoms with Crippen LogP contribution in [0.3, 0.4) is 0 Å². The Morgan fingerprint density at radius 2 is 1.83 bits per heavy atom. The number of carbonyl (C=O) groups excluding carboxylic acids is 1. The topological polar surface area (TPSA) is 47.6 Å². The second-order valence-corrected chi connectivity index (χ2v) is 4.94. The number of amides is 1. The lowest BCUT2D eigenvalue weighted by Gasteiger charge is -2.16. The maximum atomic E-state index is 12.4. The van der Waals surface area contributed by atoms with Crippen molar-refractivity contribution in [3.63, 3.8) is 0 Å². The molecule has 122 valence electrons. The van der Waals surface area contributed by atoms with Crippen LogP contribution in [0.2, 0.25) is 0 Å². The fraction of sp³-hybridized carbons (Fsp3) is 0.235. The Labute approximate surface area is 133 Å². The van der Waals surface area contributed by atoms with Crippen molar-refractivity contribution < 1.29 is 23.0 Å². The van der Waals surface area contributed by atoms with Gasteiger partial charge in [-0.2, -0.15) is 8.78 Å². The predicted molar refractivity (Wildman–Crippen MR) is 83.0 cm³/mol. The lowest BCUT2D eigenvalue weighted by Crippen LogP contribution is -2.30. The minimum atomic E-state index is -2.96. The van der Waals surface area contributed by atoms with Crippen molar-refractivity contribution in [3.05, 3.63) is 54.1 Å². The lowest BCUT2D eigenvalue weighted by atomic mass is 10.2. The first-order chi connectivity index (χ1) is 11.0. The Morgan fingerprint density at radius 1 is 1.09 bits per heavy atom. The van der Waals surface area contributed by atoms with E-state index >= 15 is 0 Å². The normalized spacial score (nSPS) is 11.9. The molecule has 2 aromatic carbocycles. The third-order valence-corrected chi connectivity index (χ3v) is 3.03. The van der Waals surface area contributed by atoms with Gasteiger partial charge in [0.2, 0.25) is 0 Å². The van der Waals surface area contributed by atoms with Gasteiger partial charge in [-0.3, -0.25) is 4.79 Å². The Hall–Kier alpha value is -2.63. The maximum absolute atomic E-state index is 12.4. The lowest BCUT2D eigenvalue weighted by molar-refractivity contribution is -0.122. The highest BCUT2D eigenvalue weighted by molar-refractivity contribution is 5.95. The number of halogens is 2. The molecule has 2 rings (SSSR count). The summed E-state index contributed by atoms with van der Waals surface area (Å²) in [6.45, 7) is 0.526. The number of alkyl halides is 2. The number of anilines is 1. The number of hydrogen-bond acceptors (Lipinski definition) is 3. The molecule has 6 heteroatoms. The first-order valence-corrected chi connectivity index (χ1v) is 7.03. The van der Waals surface area contributed by atoms with Gasteiger partial charge in [0.15, 0.2) is 6.10 Å². The van der Waals surface area contributed by atoms with Gasteiger partial charge in [0, 0.05) is 0 Å². The SMILES string of the molecule is Cc1cccc(OC(C)C(=O)Nc2ccccc2OC(F)F)c1. The molecule has 0 aliphatic carbocycles. The molecule has 1 N–H and O–H groups in total. The maximum Gasteiger partial charge on any atom is 0.387 e. The molecule has 0 fully saturated rings. The summed E-state index contributed by atoms with van der Waals surface area (Å²) in [6.07, 6.45) is -0.795. The highest BCUT2D eigenvalue weighted by Gasteiger charge is 2.17. The zero-order valence-corrected chi connectivity index (χ0v) is 12.8. The van der Waals surface area contributed by atoms with Crippen LogP contribution >= 0.6 is 0 Å². The van der Waals surface area contributed by atoms with E-state index in [9.17, 15) is 13.6 Å². The number of hydrogen-bond donors (Lipinski definition) is 1. The van der Waals surface area contributed by atoms with Crippen LogP contribution in [-0.2, 0) is 4.79 Å². The molecule has 0 saturated carbocycles. The van der Waals surface area contributed by atoms with Crippen LogP contribution in [0.4, 0.5) is 14.5 Å². The number of benzene rings is 2. The molecule has 1 atom stereocenters. The average molecular weight is 321 g/mol. The van der Waals surface area contributed by atoms with Crippen molar-refractivity contribution in [2.24, 2.45) is 0 Å². The van der Waals surface area contributed by atoms with Gasteiger partial charge in [0.05, 0.1) is 5.69 Å². The Morgan fingerprint density at radius 3 is 2.52 bits per heavy atom. The largest absolute Gasteiger partial charge is 0.481 e. The van der Waals surface area contributed by atoms with E-state index in [1.54, 1.807) is 31.2 Å². The van der Waals surface area contributed by atoms with Crippen molar-refractivity contribution in [3.8, 4) is 11.5 Å². The first-order valence-electron chi connectivity index (χ1n) is 7.03. The predicted octanol–water partition coefficient (Wildman–Crippen LogP) is 4.00. The number of carbonyl (C=O) groups is 1. The smallest absolute Gasteiger partial charge is 0.387 e. The fourth-order valence-electron chi connectivity index (χ4n) is 1.95. The van der Waals surface area contributed by atoms with E-state index in [-0.39, 0.29) is 11.4 Å². The van der Waals surface area contributed by atoms with Gasteiger partial charge < -0.3 is 14.8 Å². The molecule has 23 heavy (non-hydrogen) atoms. The van der Waals surface area contributed by atoms with Gasteiger partial charge in [-0.15, -0.1) is 0 Å². The summed E-state index contributed by atoms with van der Waals surface area (Å²) in [5.41, 5.74) is 1.17. The van der Waals surface area contributed by atoms with Crippen molar-refractivity contribution in [1.82, 2.24) is 0 Å². The van der Waals surface area contributed by atoms with Crippen molar-refractivity contribution in [2.75, 3.05) is 5.32 Å². The molecule has 1 unspecified atom stereocenters. The zero-order valence-electron chi connectivity index (χ0n) is 12.8. The van der Waals surface area contributed by atoms with Gasteiger partial charge in [-0.05, 0) is 43.7 Å². The second kappa shape index (κ2) is 7.58. The third kappa shape index (κ3) is 4.95. The average Bonchev–Trinajstić information content (AvgIpc) is 2.48. The molecule has 0 saturated heterocycles. The van der Waals surface area contributed by atoms with E-state index in [1.165, 1.54) is 12.1 Å². The molecule has 2 aromatic rings. The van der Waals surface area contributed by atoms with E-state index in [1.807, 2.05) is 19.1 Å². The van der Waals surface area contributed by atoms with Crippen LogP contribution in [-0.4, -0.2) is 18.6 Å². The van der Waals surface area contributed by atoms with Gasteiger partial charge in [0.25, 0.3) is 5.91 Å². The number of para-hydroxylation sites is 2. The van der Waals surface area contributed by atoms with Crippen LogP contribution in [0.1, 0.15) is 12.5 Å². The van der Waals surface area contributed by atoms with Crippen LogP contribution in [0, 0.1) is 6.92 Å². The van der Waals surface area contributed by atoms with Gasteiger partial charge >= 0.3 is 6.61 Å². The van der Waals surface area contributed by atoms with Crippen LogP contribution < -0.4 is 14.8 Å². The van der Waals surface area contributed by atoms with Crippen molar-refractivity contribution >= 4 is 11.6 Å². The first kappa shape index (κ1) is 16.7. The van der Waals surface area contributed by atoms with Crippen LogP contribution in [0.15, 0.2) is 48.5 Å². The summed E-state index contributed by atoms with van der Waals surface area (Å²) in [4.78, 5) is 12.2. The number of ether oxygens (including phenoxy) is 2. The quantitative estimate of drug-likeness (QED) is 0.875. The molecule has 0 aromatic heterocycles. The Balaban J connectivity index is 2.04. The van der Waals surface area contributed by atoms with Gasteiger partial charge in [-0.25, -0.2) is 0 Å². The number of aryl methyl sites for hydroxylation is 1.